The largest absolute Gasteiger partial charge is 0.490 e. The van der Waals surface area contributed by atoms with Crippen LogP contribution in [-0.4, -0.2) is 19.3 Å². The van der Waals surface area contributed by atoms with E-state index in [1.165, 1.54) is 13.2 Å². The minimum atomic E-state index is 0.354. The van der Waals surface area contributed by atoms with E-state index in [1.807, 2.05) is 13.8 Å². The number of methoxy groups -OCH3 is 1. The highest BCUT2D eigenvalue weighted by molar-refractivity contribution is 5.55. The Balaban J connectivity index is 0. The zero-order valence-corrected chi connectivity index (χ0v) is 9.57. The fourth-order valence-electron chi connectivity index (χ4n) is 0.805. The molecule has 4 N–H and O–H groups in total. The molecule has 0 amide bonds. The van der Waals surface area contributed by atoms with Gasteiger partial charge in [-0.2, -0.15) is 0 Å². The van der Waals surface area contributed by atoms with Crippen molar-refractivity contribution in [1.29, 1.82) is 0 Å². The molecule has 0 saturated heterocycles. The van der Waals surface area contributed by atoms with Crippen LogP contribution in [0.5, 0.6) is 5.75 Å². The summed E-state index contributed by atoms with van der Waals surface area (Å²) in [5.74, 6) is 0.495. The second-order valence-corrected chi connectivity index (χ2v) is 2.06. The summed E-state index contributed by atoms with van der Waals surface area (Å²) in [6, 6.07) is 4.82. The van der Waals surface area contributed by atoms with Gasteiger partial charge < -0.3 is 15.6 Å². The molecular formula is C10H19N2O3+. The normalized spacial score (nSPS) is 7.53. The molecule has 5 heteroatoms. The summed E-state index contributed by atoms with van der Waals surface area (Å²) in [5, 5.41) is 8.73. The van der Waals surface area contributed by atoms with Gasteiger partial charge in [0.05, 0.1) is 7.11 Å². The van der Waals surface area contributed by atoms with Crippen LogP contribution in [0.2, 0.25) is 0 Å². The standard InChI is InChI=1S/C7H8N2O2.C2H6.CH4O/c1-11-7-3-2-5(8)4-6(7)9-10;2*1-2/h2-4H,8H2,1H3;1-2H3;2H,1H3/p+1. The number of benzene rings is 1. The number of hydrogen-bond acceptors (Lipinski definition) is 4. The van der Waals surface area contributed by atoms with Gasteiger partial charge in [0.1, 0.15) is 0 Å². The Labute approximate surface area is 89.8 Å². The molecule has 0 saturated carbocycles. The topological polar surface area (TPSA) is 86.5 Å². The summed E-state index contributed by atoms with van der Waals surface area (Å²) < 4.78 is 4.87. The lowest BCUT2D eigenvalue weighted by Crippen LogP contribution is -2.55. The van der Waals surface area contributed by atoms with Gasteiger partial charge in [0.2, 0.25) is 0 Å². The van der Waals surface area contributed by atoms with Crippen molar-refractivity contribution in [1.82, 2.24) is 0 Å². The first-order valence-electron chi connectivity index (χ1n) is 4.54. The Bertz CT molecular complexity index is 277. The van der Waals surface area contributed by atoms with Gasteiger partial charge in [-0.3, -0.25) is 0 Å². The molecule has 1 aromatic carbocycles. The van der Waals surface area contributed by atoms with Gasteiger partial charge in [-0.25, -0.2) is 0 Å². The lowest BCUT2D eigenvalue weighted by atomic mass is 10.2. The fraction of sp³-hybridized carbons (Fsp3) is 0.400. The molecular weight excluding hydrogens is 196 g/mol. The van der Waals surface area contributed by atoms with Gasteiger partial charge in [0, 0.05) is 28.9 Å². The highest BCUT2D eigenvalue weighted by Crippen LogP contribution is 2.21. The minimum Gasteiger partial charge on any atom is -0.490 e. The highest BCUT2D eigenvalue weighted by atomic mass is 16.5. The second kappa shape index (κ2) is 10.5. The maximum absolute atomic E-state index is 10.3. The van der Waals surface area contributed by atoms with Crippen molar-refractivity contribution in [3.05, 3.63) is 23.1 Å². The summed E-state index contributed by atoms with van der Waals surface area (Å²) in [7, 11) is 2.49. The van der Waals surface area contributed by atoms with E-state index in [9.17, 15) is 4.91 Å². The summed E-state index contributed by atoms with van der Waals surface area (Å²) in [4.78, 5) is 10.3. The van der Waals surface area contributed by atoms with E-state index < -0.39 is 0 Å². The van der Waals surface area contributed by atoms with E-state index >= 15 is 0 Å². The van der Waals surface area contributed by atoms with Crippen molar-refractivity contribution in [2.75, 3.05) is 20.0 Å². The first-order valence-corrected chi connectivity index (χ1v) is 4.54. The summed E-state index contributed by atoms with van der Waals surface area (Å²) >= 11 is 0. The van der Waals surface area contributed by atoms with Gasteiger partial charge in [0.25, 0.3) is 5.69 Å². The van der Waals surface area contributed by atoms with Crippen molar-refractivity contribution >= 4 is 11.4 Å². The molecule has 5 nitrogen and oxygen atoms in total. The van der Waals surface area contributed by atoms with Crippen LogP contribution < -0.4 is 15.6 Å². The lowest BCUT2D eigenvalue weighted by molar-refractivity contribution is -0.380. The van der Waals surface area contributed by atoms with E-state index in [0.29, 0.717) is 17.1 Å². The molecule has 1 rings (SSSR count). The van der Waals surface area contributed by atoms with Crippen molar-refractivity contribution in [2.24, 2.45) is 0 Å². The summed E-state index contributed by atoms with van der Waals surface area (Å²) in [6.07, 6.45) is 0. The fourth-order valence-corrected chi connectivity index (χ4v) is 0.805. The van der Waals surface area contributed by atoms with Crippen LogP contribution in [-0.2, 0) is 0 Å². The number of aliphatic hydroxyl groups excluding tert-OH is 1. The van der Waals surface area contributed by atoms with Crippen molar-refractivity contribution in [3.63, 3.8) is 0 Å². The number of anilines is 1. The Morgan fingerprint density at radius 2 is 1.87 bits per heavy atom. The van der Waals surface area contributed by atoms with Crippen LogP contribution in [0, 0.1) is 4.91 Å². The van der Waals surface area contributed by atoms with Gasteiger partial charge in [-0.05, 0) is 12.1 Å². The first kappa shape index (κ1) is 15.8. The van der Waals surface area contributed by atoms with Crippen LogP contribution in [0.1, 0.15) is 13.8 Å². The van der Waals surface area contributed by atoms with Crippen LogP contribution in [0.15, 0.2) is 18.2 Å². The van der Waals surface area contributed by atoms with E-state index in [2.05, 4.69) is 0 Å². The Morgan fingerprint density at radius 1 is 1.33 bits per heavy atom. The molecule has 0 radical (unpaired) electrons. The third kappa shape index (κ3) is 5.64. The predicted molar refractivity (Wildman–Crippen MR) is 60.9 cm³/mol. The zero-order chi connectivity index (χ0) is 12.3. The van der Waals surface area contributed by atoms with Gasteiger partial charge in [-0.1, -0.05) is 13.8 Å². The molecule has 15 heavy (non-hydrogen) atoms. The average Bonchev–Trinajstić information content (AvgIpc) is 2.34. The molecule has 0 bridgehead atoms. The molecule has 0 aliphatic heterocycles. The smallest absolute Gasteiger partial charge is 0.296 e. The van der Waals surface area contributed by atoms with Crippen molar-refractivity contribution in [3.8, 4) is 5.75 Å². The maximum Gasteiger partial charge on any atom is 0.296 e. The van der Waals surface area contributed by atoms with Crippen LogP contribution >= 0.6 is 0 Å². The molecule has 0 aliphatic carbocycles. The quantitative estimate of drug-likeness (QED) is 0.623. The van der Waals surface area contributed by atoms with Gasteiger partial charge in [-0.15, -0.1) is 0 Å². The van der Waals surface area contributed by atoms with Gasteiger partial charge >= 0.3 is 0 Å². The van der Waals surface area contributed by atoms with E-state index in [4.69, 9.17) is 15.6 Å². The summed E-state index contributed by atoms with van der Waals surface area (Å²) in [5.41, 5.74) is 6.31. The Morgan fingerprint density at radius 3 is 2.27 bits per heavy atom. The Kier molecular flexibility index (Phi) is 11.0. The minimum absolute atomic E-state index is 0.354. The van der Waals surface area contributed by atoms with Crippen LogP contribution in [0.4, 0.5) is 11.4 Å². The lowest BCUT2D eigenvalue weighted by Gasteiger charge is -1.97. The summed E-state index contributed by atoms with van der Waals surface area (Å²) in [6.45, 7) is 4.00. The highest BCUT2D eigenvalue weighted by Gasteiger charge is 2.07. The first-order chi connectivity index (χ1) is 7.27. The number of aliphatic hydroxyl groups is 1. The van der Waals surface area contributed by atoms with Crippen LogP contribution in [0.25, 0.3) is 0 Å². The number of nitroso groups, excluding NO2 is 1. The number of nitrogens with two attached hydrogens (primary N) is 1. The molecule has 0 unspecified atom stereocenters. The molecule has 86 valence electrons. The second-order valence-electron chi connectivity index (χ2n) is 2.06. The number of nitrogen functional groups attached to an aromatic ring is 1. The molecule has 0 aromatic heterocycles. The van der Waals surface area contributed by atoms with Crippen LogP contribution in [0.3, 0.4) is 0 Å². The third-order valence-corrected chi connectivity index (χ3v) is 1.33. The van der Waals surface area contributed by atoms with E-state index in [-0.39, 0.29) is 0 Å². The zero-order valence-electron chi connectivity index (χ0n) is 9.57. The van der Waals surface area contributed by atoms with E-state index in [1.54, 1.807) is 17.3 Å². The number of nitrogens with one attached hydrogen (secondary N) is 1. The molecule has 0 atom stereocenters. The predicted octanol–water partition coefficient (Wildman–Crippen LogP) is 0.391. The van der Waals surface area contributed by atoms with E-state index in [0.717, 1.165) is 7.11 Å². The average molecular weight is 215 g/mol. The Hall–Kier alpha value is -1.62. The third-order valence-electron chi connectivity index (χ3n) is 1.33. The molecule has 0 spiro atoms. The van der Waals surface area contributed by atoms with Crippen molar-refractivity contribution < 1.29 is 15.0 Å². The van der Waals surface area contributed by atoms with Gasteiger partial charge in [0.15, 0.2) is 5.75 Å². The molecule has 0 aliphatic rings. The SMILES string of the molecule is CC.CO.COc1ccc(N)cc1[NH+]=O. The number of ether oxygens (including phenoxy) is 1. The van der Waals surface area contributed by atoms with Crippen molar-refractivity contribution in [2.45, 2.75) is 13.8 Å². The number of hydrogen-bond donors (Lipinski definition) is 3. The molecule has 1 aromatic rings. The number of rotatable bonds is 2. The molecule has 0 heterocycles. The molecule has 0 fully saturated rings. The maximum atomic E-state index is 10.3. The monoisotopic (exact) mass is 215 g/mol.